The van der Waals surface area contributed by atoms with Crippen molar-refractivity contribution in [1.82, 2.24) is 0 Å². The highest BCUT2D eigenvalue weighted by atomic mass is 16.5. The largest absolute Gasteiger partial charge is 0.481 e. The van der Waals surface area contributed by atoms with Crippen molar-refractivity contribution in [2.75, 3.05) is 6.61 Å². The van der Waals surface area contributed by atoms with Crippen LogP contribution in [-0.2, 0) is 14.3 Å². The van der Waals surface area contributed by atoms with Crippen LogP contribution in [0.15, 0.2) is 54.6 Å². The van der Waals surface area contributed by atoms with E-state index in [9.17, 15) is 14.4 Å². The predicted molar refractivity (Wildman–Crippen MR) is 93.2 cm³/mol. The summed E-state index contributed by atoms with van der Waals surface area (Å²) in [4.78, 5) is 35.3. The van der Waals surface area contributed by atoms with E-state index >= 15 is 0 Å². The Kier molecular flexibility index (Phi) is 6.46. The molecule has 0 amide bonds. The molecule has 1 N–H and O–H groups in total. The molecular weight excluding hydrogens is 320 g/mol. The molecule has 0 fully saturated rings. The number of carboxylic acids is 1. The molecule has 0 bridgehead atoms. The van der Waals surface area contributed by atoms with Gasteiger partial charge in [-0.25, -0.2) is 0 Å². The predicted octanol–water partition coefficient (Wildman–Crippen LogP) is 3.58. The Hall–Kier alpha value is -2.95. The van der Waals surface area contributed by atoms with Gasteiger partial charge in [0.1, 0.15) is 0 Å². The molecule has 0 aliphatic rings. The van der Waals surface area contributed by atoms with Gasteiger partial charge in [-0.3, -0.25) is 14.4 Å². The van der Waals surface area contributed by atoms with Gasteiger partial charge in [0, 0.05) is 11.5 Å². The number of rotatable bonds is 8. The Morgan fingerprint density at radius 3 is 2.08 bits per heavy atom. The fourth-order valence-corrected chi connectivity index (χ4v) is 2.58. The lowest BCUT2D eigenvalue weighted by Gasteiger charge is -2.13. The summed E-state index contributed by atoms with van der Waals surface area (Å²) in [7, 11) is 0. The minimum absolute atomic E-state index is 0.193. The lowest BCUT2D eigenvalue weighted by Crippen LogP contribution is -2.23. The molecule has 2 rings (SSSR count). The average Bonchev–Trinajstić information content (AvgIpc) is 2.61. The van der Waals surface area contributed by atoms with Crippen LogP contribution >= 0.6 is 0 Å². The molecule has 0 aliphatic heterocycles. The van der Waals surface area contributed by atoms with E-state index in [1.54, 1.807) is 19.1 Å². The van der Waals surface area contributed by atoms with Gasteiger partial charge in [-0.1, -0.05) is 54.6 Å². The number of ether oxygens (including phenoxy) is 1. The van der Waals surface area contributed by atoms with Gasteiger partial charge >= 0.3 is 11.9 Å². The number of aliphatic carboxylic acids is 1. The first-order chi connectivity index (χ1) is 12.0. The second-order valence-electron chi connectivity index (χ2n) is 5.61. The highest BCUT2D eigenvalue weighted by Crippen LogP contribution is 2.22. The van der Waals surface area contributed by atoms with E-state index in [0.29, 0.717) is 5.56 Å². The maximum absolute atomic E-state index is 12.6. The van der Waals surface area contributed by atoms with Crippen LogP contribution < -0.4 is 0 Å². The Morgan fingerprint density at radius 2 is 1.52 bits per heavy atom. The van der Waals surface area contributed by atoms with Gasteiger partial charge in [-0.05, 0) is 18.1 Å². The Bertz CT molecular complexity index is 734. The maximum Gasteiger partial charge on any atom is 0.306 e. The molecule has 0 aromatic heterocycles. The van der Waals surface area contributed by atoms with Crippen molar-refractivity contribution in [3.05, 3.63) is 60.2 Å². The van der Waals surface area contributed by atoms with Crippen molar-refractivity contribution in [3.8, 4) is 11.1 Å². The SMILES string of the molecule is CCOC(=O)CC(CC(=O)O)C(=O)c1ccc(-c2ccccc2)cc1. The topological polar surface area (TPSA) is 80.7 Å². The van der Waals surface area contributed by atoms with Crippen molar-refractivity contribution in [2.24, 2.45) is 5.92 Å². The molecule has 2 aromatic rings. The Labute approximate surface area is 146 Å². The van der Waals surface area contributed by atoms with Crippen molar-refractivity contribution in [2.45, 2.75) is 19.8 Å². The highest BCUT2D eigenvalue weighted by molar-refractivity contribution is 6.01. The third-order valence-corrected chi connectivity index (χ3v) is 3.79. The molecular formula is C20H20O5. The summed E-state index contributed by atoms with van der Waals surface area (Å²) in [5.41, 5.74) is 2.36. The number of hydrogen-bond donors (Lipinski definition) is 1. The smallest absolute Gasteiger partial charge is 0.306 e. The van der Waals surface area contributed by atoms with Crippen LogP contribution in [0.25, 0.3) is 11.1 Å². The Balaban J connectivity index is 2.17. The van der Waals surface area contributed by atoms with Crippen molar-refractivity contribution in [1.29, 1.82) is 0 Å². The van der Waals surface area contributed by atoms with Crippen molar-refractivity contribution in [3.63, 3.8) is 0 Å². The number of carbonyl (C=O) groups is 3. The number of benzene rings is 2. The van der Waals surface area contributed by atoms with E-state index in [-0.39, 0.29) is 18.8 Å². The van der Waals surface area contributed by atoms with Crippen LogP contribution in [-0.4, -0.2) is 29.4 Å². The number of hydrogen-bond acceptors (Lipinski definition) is 4. The van der Waals surface area contributed by atoms with Gasteiger partial charge in [0.05, 0.1) is 19.4 Å². The van der Waals surface area contributed by atoms with Crippen LogP contribution in [0.3, 0.4) is 0 Å². The molecule has 25 heavy (non-hydrogen) atoms. The Morgan fingerprint density at radius 1 is 0.920 bits per heavy atom. The van der Waals surface area contributed by atoms with Crippen molar-refractivity contribution >= 4 is 17.7 Å². The van der Waals surface area contributed by atoms with E-state index in [1.165, 1.54) is 0 Å². The molecule has 1 unspecified atom stereocenters. The standard InChI is InChI=1S/C20H20O5/c1-2-25-19(23)13-17(12-18(21)22)20(24)16-10-8-15(9-11-16)14-6-4-3-5-7-14/h3-11,17H,2,12-13H2,1H3,(H,21,22). The molecule has 5 heteroatoms. The molecule has 2 aromatic carbocycles. The summed E-state index contributed by atoms with van der Waals surface area (Å²) in [6.07, 6.45) is -0.641. The number of carboxylic acid groups (broad SMARTS) is 1. The summed E-state index contributed by atoms with van der Waals surface area (Å²) >= 11 is 0. The quantitative estimate of drug-likeness (QED) is 0.587. The van der Waals surface area contributed by atoms with Gasteiger partial charge in [0.25, 0.3) is 0 Å². The third-order valence-electron chi connectivity index (χ3n) is 3.79. The van der Waals surface area contributed by atoms with Gasteiger partial charge in [0.2, 0.25) is 0 Å². The van der Waals surface area contributed by atoms with Gasteiger partial charge in [0.15, 0.2) is 5.78 Å². The van der Waals surface area contributed by atoms with Gasteiger partial charge < -0.3 is 9.84 Å². The first kappa shape index (κ1) is 18.4. The zero-order valence-electron chi connectivity index (χ0n) is 14.0. The molecule has 0 radical (unpaired) electrons. The molecule has 0 saturated carbocycles. The van der Waals surface area contributed by atoms with Crippen LogP contribution in [0.4, 0.5) is 0 Å². The second-order valence-corrected chi connectivity index (χ2v) is 5.61. The number of esters is 1. The van der Waals surface area contributed by atoms with E-state index in [0.717, 1.165) is 11.1 Å². The first-order valence-electron chi connectivity index (χ1n) is 8.08. The minimum Gasteiger partial charge on any atom is -0.481 e. The zero-order valence-corrected chi connectivity index (χ0v) is 14.0. The maximum atomic E-state index is 12.6. The van der Waals surface area contributed by atoms with Crippen LogP contribution in [0, 0.1) is 5.92 Å². The summed E-state index contributed by atoms with van der Waals surface area (Å²) in [6, 6.07) is 16.6. The molecule has 130 valence electrons. The van der Waals surface area contributed by atoms with E-state index in [2.05, 4.69) is 0 Å². The minimum atomic E-state index is -1.12. The summed E-state index contributed by atoms with van der Waals surface area (Å²) in [6.45, 7) is 1.85. The third kappa shape index (κ3) is 5.28. The monoisotopic (exact) mass is 340 g/mol. The van der Waals surface area contributed by atoms with Gasteiger partial charge in [-0.2, -0.15) is 0 Å². The normalized spacial score (nSPS) is 11.6. The van der Waals surface area contributed by atoms with E-state index in [1.807, 2.05) is 42.5 Å². The molecule has 0 spiro atoms. The molecule has 0 saturated heterocycles. The van der Waals surface area contributed by atoms with Crippen LogP contribution in [0.5, 0.6) is 0 Å². The van der Waals surface area contributed by atoms with E-state index < -0.39 is 24.3 Å². The molecule has 5 nitrogen and oxygen atoms in total. The number of ketones is 1. The number of carbonyl (C=O) groups excluding carboxylic acids is 2. The molecule has 1 atom stereocenters. The zero-order chi connectivity index (χ0) is 18.2. The highest BCUT2D eigenvalue weighted by Gasteiger charge is 2.26. The average molecular weight is 340 g/mol. The molecule has 0 aliphatic carbocycles. The number of Topliss-reactive ketones (excluding diaryl/α,β-unsaturated/α-hetero) is 1. The summed E-state index contributed by atoms with van der Waals surface area (Å²) in [5, 5.41) is 9.01. The summed E-state index contributed by atoms with van der Waals surface area (Å²) < 4.78 is 4.83. The first-order valence-corrected chi connectivity index (χ1v) is 8.08. The second kappa shape index (κ2) is 8.78. The molecule has 0 heterocycles. The fourth-order valence-electron chi connectivity index (χ4n) is 2.58. The lowest BCUT2D eigenvalue weighted by molar-refractivity contribution is -0.144. The fraction of sp³-hybridized carbons (Fsp3) is 0.250. The van der Waals surface area contributed by atoms with Gasteiger partial charge in [-0.15, -0.1) is 0 Å². The lowest BCUT2D eigenvalue weighted by atomic mass is 9.91. The van der Waals surface area contributed by atoms with Crippen LogP contribution in [0.1, 0.15) is 30.1 Å². The van der Waals surface area contributed by atoms with E-state index in [4.69, 9.17) is 9.84 Å². The summed E-state index contributed by atoms with van der Waals surface area (Å²) in [5.74, 6) is -2.99. The van der Waals surface area contributed by atoms with Crippen LogP contribution in [0.2, 0.25) is 0 Å². The van der Waals surface area contributed by atoms with Crippen molar-refractivity contribution < 1.29 is 24.2 Å².